The summed E-state index contributed by atoms with van der Waals surface area (Å²) in [5.74, 6) is 1.74. The molecule has 3 heteroatoms. The average Bonchev–Trinajstić information content (AvgIpc) is 2.39. The fourth-order valence-corrected chi connectivity index (χ4v) is 1.73. The molecule has 0 saturated heterocycles. The van der Waals surface area contributed by atoms with Crippen LogP contribution in [-0.2, 0) is 5.88 Å². The molecular weight excluding hydrogens is 232 g/mol. The van der Waals surface area contributed by atoms with E-state index in [1.54, 1.807) is 12.4 Å². The van der Waals surface area contributed by atoms with E-state index in [1.165, 1.54) is 5.56 Å². The molecule has 0 aliphatic rings. The van der Waals surface area contributed by atoms with Crippen LogP contribution in [0.1, 0.15) is 30.9 Å². The van der Waals surface area contributed by atoms with Crippen LogP contribution < -0.4 is 0 Å². The summed E-state index contributed by atoms with van der Waals surface area (Å²) in [6.07, 6.45) is 3.54. The SMILES string of the molecule is CC(C)c1ccc(-c2ncc(CCl)cn2)cc1. The number of hydrogen-bond acceptors (Lipinski definition) is 2. The van der Waals surface area contributed by atoms with E-state index in [0.29, 0.717) is 11.8 Å². The Labute approximate surface area is 107 Å². The summed E-state index contributed by atoms with van der Waals surface area (Å²) >= 11 is 5.70. The quantitative estimate of drug-likeness (QED) is 0.765. The molecule has 0 amide bonds. The number of nitrogens with zero attached hydrogens (tertiary/aromatic N) is 2. The van der Waals surface area contributed by atoms with Gasteiger partial charge in [-0.3, -0.25) is 0 Å². The Hall–Kier alpha value is -1.41. The highest BCUT2D eigenvalue weighted by atomic mass is 35.5. The number of hydrogen-bond donors (Lipinski definition) is 0. The van der Waals surface area contributed by atoms with Crippen LogP contribution in [0.15, 0.2) is 36.7 Å². The highest BCUT2D eigenvalue weighted by Crippen LogP contribution is 2.19. The van der Waals surface area contributed by atoms with Gasteiger partial charge in [-0.1, -0.05) is 38.1 Å². The first-order valence-electron chi connectivity index (χ1n) is 5.68. The number of aromatic nitrogens is 2. The highest BCUT2D eigenvalue weighted by Gasteiger charge is 2.03. The van der Waals surface area contributed by atoms with Crippen molar-refractivity contribution in [1.29, 1.82) is 0 Å². The molecular formula is C14H15ClN2. The minimum absolute atomic E-state index is 0.451. The molecule has 1 aromatic carbocycles. The Morgan fingerprint density at radius 1 is 1.06 bits per heavy atom. The fourth-order valence-electron chi connectivity index (χ4n) is 1.59. The maximum absolute atomic E-state index is 5.70. The zero-order chi connectivity index (χ0) is 12.3. The largest absolute Gasteiger partial charge is 0.236 e. The molecule has 88 valence electrons. The lowest BCUT2D eigenvalue weighted by Gasteiger charge is -2.06. The second kappa shape index (κ2) is 5.28. The Morgan fingerprint density at radius 2 is 1.65 bits per heavy atom. The van der Waals surface area contributed by atoms with E-state index in [0.717, 1.165) is 17.0 Å². The third kappa shape index (κ3) is 2.83. The van der Waals surface area contributed by atoms with Crippen molar-refractivity contribution in [3.8, 4) is 11.4 Å². The van der Waals surface area contributed by atoms with Gasteiger partial charge in [0.2, 0.25) is 0 Å². The van der Waals surface area contributed by atoms with Crippen molar-refractivity contribution in [2.75, 3.05) is 0 Å². The molecule has 0 saturated carbocycles. The molecule has 0 radical (unpaired) electrons. The summed E-state index contributed by atoms with van der Waals surface area (Å²) in [4.78, 5) is 8.60. The predicted octanol–water partition coefficient (Wildman–Crippen LogP) is 4.01. The minimum Gasteiger partial charge on any atom is -0.236 e. The smallest absolute Gasteiger partial charge is 0.159 e. The summed E-state index contributed by atoms with van der Waals surface area (Å²) in [6, 6.07) is 8.37. The molecule has 1 aromatic heterocycles. The van der Waals surface area contributed by atoms with Gasteiger partial charge < -0.3 is 0 Å². The van der Waals surface area contributed by atoms with Gasteiger partial charge in [0.25, 0.3) is 0 Å². The van der Waals surface area contributed by atoms with Crippen molar-refractivity contribution < 1.29 is 0 Å². The van der Waals surface area contributed by atoms with E-state index in [1.807, 2.05) is 0 Å². The van der Waals surface area contributed by atoms with Gasteiger partial charge in [-0.2, -0.15) is 0 Å². The van der Waals surface area contributed by atoms with Crippen molar-refractivity contribution in [2.45, 2.75) is 25.6 Å². The van der Waals surface area contributed by atoms with Crippen LogP contribution in [0.2, 0.25) is 0 Å². The van der Waals surface area contributed by atoms with Gasteiger partial charge in [0, 0.05) is 23.5 Å². The standard InChI is InChI=1S/C14H15ClN2/c1-10(2)12-3-5-13(6-4-12)14-16-8-11(7-15)9-17-14/h3-6,8-10H,7H2,1-2H3. The Balaban J connectivity index is 2.26. The molecule has 2 rings (SSSR count). The van der Waals surface area contributed by atoms with Gasteiger partial charge in [0.05, 0.1) is 5.88 Å². The van der Waals surface area contributed by atoms with Gasteiger partial charge >= 0.3 is 0 Å². The second-order valence-electron chi connectivity index (χ2n) is 4.33. The predicted molar refractivity (Wildman–Crippen MR) is 71.1 cm³/mol. The fraction of sp³-hybridized carbons (Fsp3) is 0.286. The Morgan fingerprint density at radius 3 is 2.12 bits per heavy atom. The average molecular weight is 247 g/mol. The van der Waals surface area contributed by atoms with Crippen LogP contribution in [0.25, 0.3) is 11.4 Å². The number of rotatable bonds is 3. The summed E-state index contributed by atoms with van der Waals surface area (Å²) in [5, 5.41) is 0. The van der Waals surface area contributed by atoms with Gasteiger partial charge in [-0.15, -0.1) is 11.6 Å². The monoisotopic (exact) mass is 246 g/mol. The first kappa shape index (κ1) is 12.1. The van der Waals surface area contributed by atoms with Crippen molar-refractivity contribution in [3.63, 3.8) is 0 Å². The molecule has 0 bridgehead atoms. The Kier molecular flexibility index (Phi) is 3.75. The Bertz CT molecular complexity index is 475. The topological polar surface area (TPSA) is 25.8 Å². The molecule has 0 aliphatic heterocycles. The van der Waals surface area contributed by atoms with Crippen LogP contribution in [0, 0.1) is 0 Å². The lowest BCUT2D eigenvalue weighted by molar-refractivity contribution is 0.867. The van der Waals surface area contributed by atoms with E-state index < -0.39 is 0 Å². The zero-order valence-electron chi connectivity index (χ0n) is 10.0. The molecule has 0 atom stereocenters. The van der Waals surface area contributed by atoms with Crippen LogP contribution in [0.3, 0.4) is 0 Å². The molecule has 2 aromatic rings. The van der Waals surface area contributed by atoms with E-state index >= 15 is 0 Å². The van der Waals surface area contributed by atoms with Gasteiger partial charge in [0.15, 0.2) is 5.82 Å². The third-order valence-electron chi connectivity index (χ3n) is 2.70. The van der Waals surface area contributed by atoms with E-state index in [9.17, 15) is 0 Å². The van der Waals surface area contributed by atoms with E-state index in [-0.39, 0.29) is 0 Å². The molecule has 17 heavy (non-hydrogen) atoms. The van der Waals surface area contributed by atoms with Crippen molar-refractivity contribution in [3.05, 3.63) is 47.8 Å². The summed E-state index contributed by atoms with van der Waals surface area (Å²) in [7, 11) is 0. The molecule has 0 unspecified atom stereocenters. The second-order valence-corrected chi connectivity index (χ2v) is 4.59. The molecule has 0 N–H and O–H groups in total. The summed E-state index contributed by atoms with van der Waals surface area (Å²) in [5.41, 5.74) is 3.30. The van der Waals surface area contributed by atoms with Crippen molar-refractivity contribution >= 4 is 11.6 Å². The van der Waals surface area contributed by atoms with E-state index in [2.05, 4.69) is 48.1 Å². The number of halogens is 1. The lowest BCUT2D eigenvalue weighted by Crippen LogP contribution is -1.92. The maximum atomic E-state index is 5.70. The number of benzene rings is 1. The van der Waals surface area contributed by atoms with Crippen LogP contribution in [0.5, 0.6) is 0 Å². The molecule has 2 nitrogen and oxygen atoms in total. The van der Waals surface area contributed by atoms with Gasteiger partial charge in [0.1, 0.15) is 0 Å². The number of alkyl halides is 1. The van der Waals surface area contributed by atoms with Crippen LogP contribution >= 0.6 is 11.6 Å². The molecule has 1 heterocycles. The van der Waals surface area contributed by atoms with Crippen LogP contribution in [0.4, 0.5) is 0 Å². The summed E-state index contributed by atoms with van der Waals surface area (Å²) < 4.78 is 0. The van der Waals surface area contributed by atoms with Crippen molar-refractivity contribution in [2.24, 2.45) is 0 Å². The zero-order valence-corrected chi connectivity index (χ0v) is 10.8. The molecule has 0 fully saturated rings. The normalized spacial score (nSPS) is 10.8. The van der Waals surface area contributed by atoms with E-state index in [4.69, 9.17) is 11.6 Å². The maximum Gasteiger partial charge on any atom is 0.159 e. The first-order valence-corrected chi connectivity index (χ1v) is 6.21. The molecule has 0 spiro atoms. The summed E-state index contributed by atoms with van der Waals surface area (Å²) in [6.45, 7) is 4.36. The van der Waals surface area contributed by atoms with Crippen LogP contribution in [-0.4, -0.2) is 9.97 Å². The van der Waals surface area contributed by atoms with Gasteiger partial charge in [-0.05, 0) is 11.5 Å². The lowest BCUT2D eigenvalue weighted by atomic mass is 10.0. The first-order chi connectivity index (χ1) is 8.20. The third-order valence-corrected chi connectivity index (χ3v) is 3.00. The van der Waals surface area contributed by atoms with Gasteiger partial charge in [-0.25, -0.2) is 9.97 Å². The van der Waals surface area contributed by atoms with Crippen molar-refractivity contribution in [1.82, 2.24) is 9.97 Å². The molecule has 0 aliphatic carbocycles. The highest BCUT2D eigenvalue weighted by molar-refractivity contribution is 6.17. The minimum atomic E-state index is 0.451.